The first-order valence-corrected chi connectivity index (χ1v) is 0. The second-order valence-corrected chi connectivity index (χ2v) is 0. The third kappa shape index (κ3) is 179. The summed E-state index contributed by atoms with van der Waals surface area (Å²) in [6, 6.07) is 0. The maximum absolute atomic E-state index is 0. The van der Waals surface area contributed by atoms with E-state index in [1.54, 1.807) is 0 Å². The minimum atomic E-state index is 0. The van der Waals surface area contributed by atoms with Crippen molar-refractivity contribution in [2.75, 3.05) is 0 Å². The Morgan fingerprint density at radius 1 is 0.0952 bits per heavy atom. The standard InChI is InChI=1S/20Pd.Rh. The molecule has 0 aromatic heterocycles. The molecule has 0 rings (SSSR count). The Morgan fingerprint density at radius 3 is 0.0952 bits per heavy atom. The molecule has 0 bridgehead atoms. The van der Waals surface area contributed by atoms with E-state index in [0.717, 1.165) is 0 Å². The average molecular weight is 2230 g/mol. The van der Waals surface area contributed by atoms with Gasteiger partial charge in [-0.05, 0) is 0 Å². The zero-order chi connectivity index (χ0) is 0. The molecule has 0 saturated carbocycles. The number of rotatable bonds is 0. The largest absolute Gasteiger partial charge is 0 e. The van der Waals surface area contributed by atoms with Gasteiger partial charge in [-0.2, -0.15) is 0 Å². The van der Waals surface area contributed by atoms with Crippen LogP contribution in [0.15, 0.2) is 0 Å². The Bertz CT molecular complexity index is 5.80. The maximum atomic E-state index is 0. The van der Waals surface area contributed by atoms with Crippen molar-refractivity contribution in [2.24, 2.45) is 0 Å². The molecule has 1 radical (unpaired) electrons. The van der Waals surface area contributed by atoms with Crippen LogP contribution < -0.4 is 0 Å². The molecule has 0 spiro atoms. The fourth-order valence-corrected chi connectivity index (χ4v) is 0. The first-order chi connectivity index (χ1) is 0. The summed E-state index contributed by atoms with van der Waals surface area (Å²) in [6.07, 6.45) is 0. The zero-order valence-corrected chi connectivity index (χ0v) is 39.4. The van der Waals surface area contributed by atoms with Gasteiger partial charge in [-0.1, -0.05) is 0 Å². The van der Waals surface area contributed by atoms with Gasteiger partial charge in [0.15, 0.2) is 0 Å². The minimum absolute atomic E-state index is 0. The topological polar surface area (TPSA) is 0 Å². The molecule has 0 unspecified atom stereocenters. The van der Waals surface area contributed by atoms with E-state index in [1.165, 1.54) is 0 Å². The van der Waals surface area contributed by atoms with E-state index in [-0.39, 0.29) is 428 Å². The maximum Gasteiger partial charge on any atom is 0 e. The Labute approximate surface area is 416 Å². The van der Waals surface area contributed by atoms with Crippen LogP contribution in [0.5, 0.6) is 0 Å². The van der Waals surface area contributed by atoms with Crippen molar-refractivity contribution in [3.05, 3.63) is 0 Å². The SMILES string of the molecule is [Pd].[Pd].[Pd].[Pd].[Pd].[Pd].[Pd].[Pd].[Pd].[Pd].[Pd].[Pd].[Pd].[Pd].[Pd].[Pd].[Pd].[Pd].[Pd].[Pd].[Rh]. The normalized spacial score (nSPS) is 0. The van der Waals surface area contributed by atoms with Crippen LogP contribution in [0.4, 0.5) is 0 Å². The Balaban J connectivity index is 0. The molecule has 0 aliphatic rings. The van der Waals surface area contributed by atoms with Crippen LogP contribution in [0.2, 0.25) is 0 Å². The summed E-state index contributed by atoms with van der Waals surface area (Å²) in [5, 5.41) is 0. The average Bonchev–Trinajstić information content (AvgIpc) is 0. The molecule has 21 heteroatoms. The molecule has 0 atom stereocenters. The Kier molecular flexibility index (Phi) is 1880. The van der Waals surface area contributed by atoms with Crippen LogP contribution in [-0.4, -0.2) is 0 Å². The third-order valence-corrected chi connectivity index (χ3v) is 0. The van der Waals surface area contributed by atoms with Gasteiger partial charge in [0, 0.05) is 428 Å². The van der Waals surface area contributed by atoms with Gasteiger partial charge in [0.2, 0.25) is 0 Å². The van der Waals surface area contributed by atoms with Crippen molar-refractivity contribution in [2.45, 2.75) is 0 Å². The molecule has 209 valence electrons. The van der Waals surface area contributed by atoms with Crippen LogP contribution in [0.3, 0.4) is 0 Å². The minimum Gasteiger partial charge on any atom is 0 e. The van der Waals surface area contributed by atoms with Crippen molar-refractivity contribution in [1.82, 2.24) is 0 Å². The molecule has 0 nitrogen and oxygen atoms in total. The second kappa shape index (κ2) is 190. The van der Waals surface area contributed by atoms with Gasteiger partial charge in [-0.15, -0.1) is 0 Å². The van der Waals surface area contributed by atoms with Gasteiger partial charge in [0.05, 0.1) is 0 Å². The van der Waals surface area contributed by atoms with E-state index in [9.17, 15) is 0 Å². The molecule has 0 aromatic rings. The van der Waals surface area contributed by atoms with Gasteiger partial charge in [0.1, 0.15) is 0 Å². The van der Waals surface area contributed by atoms with Gasteiger partial charge >= 0.3 is 0 Å². The molecule has 0 aromatic carbocycles. The molecule has 0 saturated heterocycles. The van der Waals surface area contributed by atoms with E-state index in [0.29, 0.717) is 0 Å². The molecule has 21 heavy (non-hydrogen) atoms. The molecular formula is Pd20Rh. The summed E-state index contributed by atoms with van der Waals surface area (Å²) in [4.78, 5) is 0. The Morgan fingerprint density at radius 2 is 0.0952 bits per heavy atom. The summed E-state index contributed by atoms with van der Waals surface area (Å²) in [6.45, 7) is 0. The van der Waals surface area contributed by atoms with Crippen molar-refractivity contribution < 1.29 is 428 Å². The molecule has 0 amide bonds. The molecular weight excluding hydrogens is 2230 g/mol. The van der Waals surface area contributed by atoms with E-state index < -0.39 is 0 Å². The van der Waals surface area contributed by atoms with Crippen LogP contribution in [0.25, 0.3) is 0 Å². The van der Waals surface area contributed by atoms with Gasteiger partial charge in [-0.3, -0.25) is 0 Å². The first kappa shape index (κ1) is 208. The van der Waals surface area contributed by atoms with Crippen molar-refractivity contribution in [3.8, 4) is 0 Å². The van der Waals surface area contributed by atoms with Crippen LogP contribution in [0.1, 0.15) is 0 Å². The number of hydrogen-bond donors (Lipinski definition) is 0. The zero-order valence-electron chi connectivity index (χ0n) is 6.66. The quantitative estimate of drug-likeness (QED) is 0.299. The summed E-state index contributed by atoms with van der Waals surface area (Å²) < 4.78 is 0. The predicted octanol–water partition coefficient (Wildman–Crippen LogP) is -0.0525. The Hall–Kier alpha value is 13.9. The summed E-state index contributed by atoms with van der Waals surface area (Å²) >= 11 is 0. The van der Waals surface area contributed by atoms with E-state index in [4.69, 9.17) is 0 Å². The fourth-order valence-electron chi connectivity index (χ4n) is 0. The van der Waals surface area contributed by atoms with E-state index in [2.05, 4.69) is 0 Å². The van der Waals surface area contributed by atoms with Crippen LogP contribution in [-0.2, 0) is 428 Å². The predicted molar refractivity (Wildman–Crippen MR) is 0 cm³/mol. The summed E-state index contributed by atoms with van der Waals surface area (Å²) in [7, 11) is 0. The van der Waals surface area contributed by atoms with Crippen molar-refractivity contribution in [1.29, 1.82) is 0 Å². The number of hydrogen-bond acceptors (Lipinski definition) is 0. The van der Waals surface area contributed by atoms with Crippen molar-refractivity contribution >= 4 is 0 Å². The van der Waals surface area contributed by atoms with Gasteiger partial charge in [-0.25, -0.2) is 0 Å². The molecule has 0 aliphatic carbocycles. The van der Waals surface area contributed by atoms with Gasteiger partial charge in [0.25, 0.3) is 0 Å². The molecule has 0 aliphatic heterocycles. The van der Waals surface area contributed by atoms with E-state index in [1.807, 2.05) is 0 Å². The monoisotopic (exact) mass is 2220 g/mol. The second-order valence-electron chi connectivity index (χ2n) is 0. The molecule has 0 N–H and O–H groups in total. The third-order valence-electron chi connectivity index (χ3n) is 0. The van der Waals surface area contributed by atoms with Crippen LogP contribution >= 0.6 is 0 Å². The smallest absolute Gasteiger partial charge is 0 e. The van der Waals surface area contributed by atoms with Crippen molar-refractivity contribution in [3.63, 3.8) is 0 Å². The van der Waals surface area contributed by atoms with Crippen LogP contribution in [0, 0.1) is 0 Å². The molecule has 0 fully saturated rings. The fraction of sp³-hybridized carbons (Fsp3) is 0. The molecule has 0 heterocycles. The van der Waals surface area contributed by atoms with E-state index >= 15 is 0 Å². The summed E-state index contributed by atoms with van der Waals surface area (Å²) in [5.41, 5.74) is 0. The first-order valence-electron chi connectivity index (χ1n) is 0. The van der Waals surface area contributed by atoms with Gasteiger partial charge < -0.3 is 0 Å². The summed E-state index contributed by atoms with van der Waals surface area (Å²) in [5.74, 6) is 0.